The molecule has 1 fully saturated rings. The topological polar surface area (TPSA) is 136 Å². The molecule has 5 rings (SSSR count). The van der Waals surface area contributed by atoms with Gasteiger partial charge in [0.05, 0.1) is 30.7 Å². The van der Waals surface area contributed by atoms with Crippen LogP contribution in [0.3, 0.4) is 0 Å². The number of nitrogens with zero attached hydrogens (tertiary/aromatic N) is 2. The number of hydrogen-bond acceptors (Lipinski definition) is 8. The van der Waals surface area contributed by atoms with Crippen molar-refractivity contribution in [3.05, 3.63) is 72.1 Å². The van der Waals surface area contributed by atoms with Gasteiger partial charge in [-0.2, -0.15) is 4.31 Å². The fourth-order valence-electron chi connectivity index (χ4n) is 5.19. The summed E-state index contributed by atoms with van der Waals surface area (Å²) in [5, 5.41) is 13.4. The van der Waals surface area contributed by atoms with Crippen LogP contribution >= 0.6 is 0 Å². The summed E-state index contributed by atoms with van der Waals surface area (Å²) in [7, 11) is -2.43. The van der Waals surface area contributed by atoms with E-state index in [1.807, 2.05) is 24.3 Å². The molecule has 2 unspecified atom stereocenters. The van der Waals surface area contributed by atoms with Gasteiger partial charge in [0.2, 0.25) is 22.2 Å². The fraction of sp³-hybridized carbons (Fsp3) is 0.419. The molecule has 1 aliphatic carbocycles. The molecule has 1 saturated carbocycles. The average Bonchev–Trinajstić information content (AvgIpc) is 3.76. The lowest BCUT2D eigenvalue weighted by molar-refractivity contribution is -0.146. The van der Waals surface area contributed by atoms with Crippen LogP contribution in [0.25, 0.3) is 10.9 Å². The number of fused-ring (bicyclic) bond motifs is 1. The first-order valence-corrected chi connectivity index (χ1v) is 15.8. The summed E-state index contributed by atoms with van der Waals surface area (Å²) in [5.41, 5.74) is 1.63. The van der Waals surface area contributed by atoms with Gasteiger partial charge in [-0.05, 0) is 60.7 Å². The van der Waals surface area contributed by atoms with Crippen molar-refractivity contribution in [3.8, 4) is 5.75 Å². The second-order valence-electron chi connectivity index (χ2n) is 10.7. The van der Waals surface area contributed by atoms with Gasteiger partial charge in [0, 0.05) is 50.5 Å². The SMILES string of the molecule is COc1ccc(S(=O)(=O)N(CCO)CCOC2CC(c3cn(C(C)=O)c4ccccc34)C=C(C(=O)NCC3CC3)O2)cc1. The van der Waals surface area contributed by atoms with Gasteiger partial charge in [0.1, 0.15) is 5.75 Å². The Labute approximate surface area is 251 Å². The third-order valence-corrected chi connectivity index (χ3v) is 9.61. The molecule has 3 aromatic rings. The molecule has 1 aromatic heterocycles. The molecule has 0 spiro atoms. The summed E-state index contributed by atoms with van der Waals surface area (Å²) in [5.74, 6) is 0.355. The number of sulfonamides is 1. The number of benzene rings is 2. The highest BCUT2D eigenvalue weighted by molar-refractivity contribution is 7.89. The number of amides is 1. The molecule has 0 bridgehead atoms. The number of nitrogens with one attached hydrogen (secondary N) is 1. The number of para-hydroxylation sites is 1. The fourth-order valence-corrected chi connectivity index (χ4v) is 6.60. The zero-order chi connectivity index (χ0) is 30.6. The van der Waals surface area contributed by atoms with Crippen LogP contribution in [0.2, 0.25) is 0 Å². The highest BCUT2D eigenvalue weighted by atomic mass is 32.2. The Morgan fingerprint density at radius 2 is 1.86 bits per heavy atom. The van der Waals surface area contributed by atoms with E-state index < -0.39 is 16.3 Å². The highest BCUT2D eigenvalue weighted by Crippen LogP contribution is 2.37. The zero-order valence-electron chi connectivity index (χ0n) is 24.3. The molecule has 2 aliphatic rings. The van der Waals surface area contributed by atoms with Gasteiger partial charge in [-0.3, -0.25) is 14.2 Å². The molecule has 2 aromatic carbocycles. The van der Waals surface area contributed by atoms with Crippen molar-refractivity contribution in [1.82, 2.24) is 14.2 Å². The Bertz CT molecular complexity index is 1590. The summed E-state index contributed by atoms with van der Waals surface area (Å²) < 4.78 is 46.5. The van der Waals surface area contributed by atoms with Crippen molar-refractivity contribution in [2.45, 2.75) is 43.3 Å². The minimum atomic E-state index is -3.92. The summed E-state index contributed by atoms with van der Waals surface area (Å²) in [6, 6.07) is 13.6. The number of methoxy groups -OCH3 is 1. The van der Waals surface area contributed by atoms with Gasteiger partial charge in [0.15, 0.2) is 5.76 Å². The Hall–Kier alpha value is -3.71. The molecule has 2 heterocycles. The molecule has 2 atom stereocenters. The Kier molecular flexibility index (Phi) is 9.50. The van der Waals surface area contributed by atoms with Gasteiger partial charge < -0.3 is 24.6 Å². The molecule has 43 heavy (non-hydrogen) atoms. The number of ether oxygens (including phenoxy) is 3. The van der Waals surface area contributed by atoms with Gasteiger partial charge in [-0.25, -0.2) is 8.42 Å². The lowest BCUT2D eigenvalue weighted by atomic mass is 9.92. The smallest absolute Gasteiger partial charge is 0.286 e. The number of carbonyl (C=O) groups excluding carboxylic acids is 2. The van der Waals surface area contributed by atoms with Crippen molar-refractivity contribution in [1.29, 1.82) is 0 Å². The predicted octanol–water partition coefficient (Wildman–Crippen LogP) is 3.25. The Balaban J connectivity index is 1.34. The van der Waals surface area contributed by atoms with Crippen LogP contribution in [-0.2, 0) is 24.3 Å². The molecule has 2 N–H and O–H groups in total. The van der Waals surface area contributed by atoms with Crippen LogP contribution < -0.4 is 10.1 Å². The van der Waals surface area contributed by atoms with Gasteiger partial charge in [-0.15, -0.1) is 0 Å². The molecule has 0 radical (unpaired) electrons. The van der Waals surface area contributed by atoms with Crippen LogP contribution in [0.4, 0.5) is 0 Å². The largest absolute Gasteiger partial charge is 0.497 e. The minimum Gasteiger partial charge on any atom is -0.497 e. The normalized spacial score (nSPS) is 18.7. The third-order valence-electron chi connectivity index (χ3n) is 7.70. The average molecular weight is 612 g/mol. The quantitative estimate of drug-likeness (QED) is 0.301. The molecule has 12 heteroatoms. The number of allylic oxidation sites excluding steroid dienone is 1. The second kappa shape index (κ2) is 13.3. The third kappa shape index (κ3) is 7.10. The van der Waals surface area contributed by atoms with E-state index in [1.54, 1.807) is 29.0 Å². The zero-order valence-corrected chi connectivity index (χ0v) is 25.1. The van der Waals surface area contributed by atoms with Crippen molar-refractivity contribution in [2.75, 3.05) is 40.0 Å². The lowest BCUT2D eigenvalue weighted by Gasteiger charge is -2.30. The highest BCUT2D eigenvalue weighted by Gasteiger charge is 2.32. The van der Waals surface area contributed by atoms with E-state index >= 15 is 0 Å². The summed E-state index contributed by atoms with van der Waals surface area (Å²) in [4.78, 5) is 25.5. The number of aliphatic hydroxyl groups excluding tert-OH is 1. The first kappa shape index (κ1) is 30.7. The van der Waals surface area contributed by atoms with Crippen molar-refractivity contribution < 1.29 is 37.3 Å². The summed E-state index contributed by atoms with van der Waals surface area (Å²) in [6.45, 7) is 1.49. The number of hydrogen-bond donors (Lipinski definition) is 2. The molecule has 0 saturated heterocycles. The number of aliphatic hydroxyl groups is 1. The van der Waals surface area contributed by atoms with Crippen molar-refractivity contribution >= 4 is 32.7 Å². The summed E-state index contributed by atoms with van der Waals surface area (Å²) >= 11 is 0. The van der Waals surface area contributed by atoms with Crippen LogP contribution in [0.5, 0.6) is 5.75 Å². The van der Waals surface area contributed by atoms with Gasteiger partial charge >= 0.3 is 0 Å². The first-order chi connectivity index (χ1) is 20.7. The maximum Gasteiger partial charge on any atom is 0.286 e. The van der Waals surface area contributed by atoms with E-state index in [0.29, 0.717) is 24.6 Å². The van der Waals surface area contributed by atoms with Crippen molar-refractivity contribution in [3.63, 3.8) is 0 Å². The van der Waals surface area contributed by atoms with Crippen molar-refractivity contribution in [2.24, 2.45) is 5.92 Å². The number of aromatic nitrogens is 1. The first-order valence-electron chi connectivity index (χ1n) is 14.4. The van der Waals surface area contributed by atoms with Crippen LogP contribution in [-0.4, -0.2) is 80.5 Å². The maximum absolute atomic E-state index is 13.3. The molecule has 230 valence electrons. The lowest BCUT2D eigenvalue weighted by Crippen LogP contribution is -2.38. The summed E-state index contributed by atoms with van der Waals surface area (Å²) in [6.07, 6.45) is 5.22. The van der Waals surface area contributed by atoms with Crippen LogP contribution in [0.1, 0.15) is 42.5 Å². The molecule has 1 aliphatic heterocycles. The van der Waals surface area contributed by atoms with Crippen LogP contribution in [0, 0.1) is 5.92 Å². The molecule has 1 amide bonds. The predicted molar refractivity (Wildman–Crippen MR) is 159 cm³/mol. The van der Waals surface area contributed by atoms with E-state index in [2.05, 4.69) is 5.32 Å². The minimum absolute atomic E-state index is 0.0427. The van der Waals surface area contributed by atoms with E-state index in [-0.39, 0.29) is 54.7 Å². The molecular weight excluding hydrogens is 574 g/mol. The van der Waals surface area contributed by atoms with E-state index in [0.717, 1.165) is 33.6 Å². The van der Waals surface area contributed by atoms with Crippen LogP contribution in [0.15, 0.2) is 71.5 Å². The number of rotatable bonds is 13. The van der Waals surface area contributed by atoms with E-state index in [9.17, 15) is 23.1 Å². The van der Waals surface area contributed by atoms with Gasteiger partial charge in [0.25, 0.3) is 5.91 Å². The van der Waals surface area contributed by atoms with E-state index in [1.165, 1.54) is 26.2 Å². The standard InChI is InChI=1S/C31H37N3O8S/c1-21(36)34-20-27(26-5-3-4-6-28(26)34)23-17-29(31(37)32-19-22-7-8-22)42-30(18-23)41-16-14-33(13-15-35)43(38,39)25-11-9-24(40-2)10-12-25/h3-6,9-12,17,20,22-23,30,35H,7-8,13-16,18-19H2,1-2H3,(H,32,37). The van der Waals surface area contributed by atoms with E-state index in [4.69, 9.17) is 14.2 Å². The number of carbonyl (C=O) groups is 2. The maximum atomic E-state index is 13.3. The molecular formula is C31H37N3O8S. The Morgan fingerprint density at radius 1 is 1.12 bits per heavy atom. The Morgan fingerprint density at radius 3 is 2.53 bits per heavy atom. The molecule has 11 nitrogen and oxygen atoms in total. The van der Waals surface area contributed by atoms with Gasteiger partial charge in [-0.1, -0.05) is 18.2 Å². The second-order valence-corrected chi connectivity index (χ2v) is 12.7. The monoisotopic (exact) mass is 611 g/mol.